The van der Waals surface area contributed by atoms with E-state index in [4.69, 9.17) is 0 Å². The standard InChI is InChI=1S/C19H20FN5O2/c1-23-8-7-16-15(11-23)19(27)25-18(24(16)2)14(10-22-25)17(26)21-9-12-3-5-13(20)6-4-12/h3-6,10H,7-9,11H2,1-2H3,(H,21,26). The van der Waals surface area contributed by atoms with Crippen molar-refractivity contribution in [2.75, 3.05) is 13.6 Å². The molecule has 0 bridgehead atoms. The molecule has 3 aromatic rings. The van der Waals surface area contributed by atoms with Gasteiger partial charge in [0.25, 0.3) is 11.5 Å². The molecule has 1 aromatic carbocycles. The van der Waals surface area contributed by atoms with Gasteiger partial charge in [-0.15, -0.1) is 0 Å². The maximum atomic E-state index is 13.0. The van der Waals surface area contributed by atoms with Gasteiger partial charge in [0.15, 0.2) is 5.65 Å². The fraction of sp³-hybridized carbons (Fsp3) is 0.316. The summed E-state index contributed by atoms with van der Waals surface area (Å²) in [6.45, 7) is 1.70. The van der Waals surface area contributed by atoms with E-state index < -0.39 is 0 Å². The van der Waals surface area contributed by atoms with E-state index in [2.05, 4.69) is 15.3 Å². The predicted molar refractivity (Wildman–Crippen MR) is 98.0 cm³/mol. The monoisotopic (exact) mass is 369 g/mol. The van der Waals surface area contributed by atoms with E-state index >= 15 is 0 Å². The van der Waals surface area contributed by atoms with E-state index in [9.17, 15) is 14.0 Å². The highest BCUT2D eigenvalue weighted by atomic mass is 19.1. The molecule has 0 atom stereocenters. The Morgan fingerprint density at radius 3 is 2.74 bits per heavy atom. The second-order valence-electron chi connectivity index (χ2n) is 6.88. The summed E-state index contributed by atoms with van der Waals surface area (Å²) in [5.41, 5.74) is 3.11. The summed E-state index contributed by atoms with van der Waals surface area (Å²) in [4.78, 5) is 27.6. The lowest BCUT2D eigenvalue weighted by Crippen LogP contribution is -2.36. The minimum absolute atomic E-state index is 0.178. The van der Waals surface area contributed by atoms with Crippen molar-refractivity contribution in [3.05, 3.63) is 69.0 Å². The van der Waals surface area contributed by atoms with Gasteiger partial charge in [0, 0.05) is 38.8 Å². The minimum Gasteiger partial charge on any atom is -0.348 e. The number of rotatable bonds is 3. The van der Waals surface area contributed by atoms with Crippen LogP contribution in [0.3, 0.4) is 0 Å². The first-order valence-electron chi connectivity index (χ1n) is 8.75. The molecule has 0 unspecified atom stereocenters. The Bertz CT molecular complexity index is 1080. The van der Waals surface area contributed by atoms with E-state index in [0.29, 0.717) is 17.8 Å². The number of halogens is 1. The number of fused-ring (bicyclic) bond motifs is 2. The minimum atomic E-state index is -0.322. The number of amides is 1. The van der Waals surface area contributed by atoms with Crippen LogP contribution < -0.4 is 10.9 Å². The topological polar surface area (TPSA) is 71.6 Å². The van der Waals surface area contributed by atoms with Crippen molar-refractivity contribution < 1.29 is 9.18 Å². The summed E-state index contributed by atoms with van der Waals surface area (Å²) in [6, 6.07) is 5.94. The van der Waals surface area contributed by atoms with Gasteiger partial charge in [-0.05, 0) is 24.7 Å². The zero-order valence-corrected chi connectivity index (χ0v) is 15.2. The molecule has 0 saturated heterocycles. The Morgan fingerprint density at radius 2 is 2.00 bits per heavy atom. The number of hydrogen-bond donors (Lipinski definition) is 1. The molecule has 8 heteroatoms. The summed E-state index contributed by atoms with van der Waals surface area (Å²) in [5.74, 6) is -0.643. The van der Waals surface area contributed by atoms with Gasteiger partial charge < -0.3 is 14.8 Å². The Hall–Kier alpha value is -3.00. The molecule has 2 aromatic heterocycles. The summed E-state index contributed by atoms with van der Waals surface area (Å²) < 4.78 is 16.2. The zero-order valence-electron chi connectivity index (χ0n) is 15.2. The SMILES string of the molecule is CN1CCc2c(c(=O)n3ncc(C(=O)NCc4ccc(F)cc4)c3n2C)C1. The van der Waals surface area contributed by atoms with Crippen LogP contribution >= 0.6 is 0 Å². The van der Waals surface area contributed by atoms with Crippen LogP contribution in [0.2, 0.25) is 0 Å². The van der Waals surface area contributed by atoms with Gasteiger partial charge in [-0.3, -0.25) is 9.59 Å². The molecule has 1 N–H and O–H groups in total. The second kappa shape index (κ2) is 6.62. The normalized spacial score (nSPS) is 14.3. The van der Waals surface area contributed by atoms with E-state index in [-0.39, 0.29) is 23.8 Å². The Balaban J connectivity index is 1.68. The molecule has 3 heterocycles. The molecule has 140 valence electrons. The molecular weight excluding hydrogens is 349 g/mol. The van der Waals surface area contributed by atoms with Gasteiger partial charge in [0.1, 0.15) is 11.4 Å². The van der Waals surface area contributed by atoms with Gasteiger partial charge >= 0.3 is 0 Å². The molecular formula is C19H20FN5O2. The van der Waals surface area contributed by atoms with Crippen molar-refractivity contribution in [3.8, 4) is 0 Å². The van der Waals surface area contributed by atoms with Crippen molar-refractivity contribution in [2.45, 2.75) is 19.5 Å². The average molecular weight is 369 g/mol. The Kier molecular flexibility index (Phi) is 4.27. The van der Waals surface area contributed by atoms with Crippen LogP contribution in [0.1, 0.15) is 27.2 Å². The van der Waals surface area contributed by atoms with E-state index in [1.54, 1.807) is 12.1 Å². The summed E-state index contributed by atoms with van der Waals surface area (Å²) in [5, 5.41) is 6.96. The Labute approximate surface area is 155 Å². The molecule has 0 aliphatic carbocycles. The third-order valence-corrected chi connectivity index (χ3v) is 5.03. The molecule has 1 amide bonds. The average Bonchev–Trinajstić information content (AvgIpc) is 3.11. The van der Waals surface area contributed by atoms with Crippen molar-refractivity contribution in [1.82, 2.24) is 24.4 Å². The van der Waals surface area contributed by atoms with Crippen LogP contribution in [0.4, 0.5) is 4.39 Å². The summed E-state index contributed by atoms with van der Waals surface area (Å²) >= 11 is 0. The van der Waals surface area contributed by atoms with Crippen LogP contribution in [0.25, 0.3) is 5.65 Å². The molecule has 0 radical (unpaired) electrons. The maximum absolute atomic E-state index is 13.0. The number of carbonyl (C=O) groups excluding carboxylic acids is 1. The molecule has 27 heavy (non-hydrogen) atoms. The molecule has 1 aliphatic rings. The molecule has 1 aliphatic heterocycles. The maximum Gasteiger partial charge on any atom is 0.279 e. The van der Waals surface area contributed by atoms with Gasteiger partial charge in [-0.1, -0.05) is 12.1 Å². The first kappa shape index (κ1) is 17.4. The third-order valence-electron chi connectivity index (χ3n) is 5.03. The van der Waals surface area contributed by atoms with E-state index in [1.807, 2.05) is 18.7 Å². The highest BCUT2D eigenvalue weighted by Gasteiger charge is 2.24. The number of nitrogens with zero attached hydrogens (tertiary/aromatic N) is 4. The number of aromatic nitrogens is 3. The van der Waals surface area contributed by atoms with Crippen LogP contribution in [0.5, 0.6) is 0 Å². The van der Waals surface area contributed by atoms with Crippen molar-refractivity contribution in [3.63, 3.8) is 0 Å². The molecule has 0 fully saturated rings. The van der Waals surface area contributed by atoms with Gasteiger partial charge in [0.05, 0.1) is 11.8 Å². The van der Waals surface area contributed by atoms with Gasteiger partial charge in [0.2, 0.25) is 0 Å². The summed E-state index contributed by atoms with van der Waals surface area (Å²) in [7, 11) is 3.83. The van der Waals surface area contributed by atoms with Crippen molar-refractivity contribution >= 4 is 11.6 Å². The van der Waals surface area contributed by atoms with Gasteiger partial charge in [-0.2, -0.15) is 9.61 Å². The van der Waals surface area contributed by atoms with Crippen LogP contribution in [0, 0.1) is 5.82 Å². The Morgan fingerprint density at radius 1 is 1.26 bits per heavy atom. The van der Waals surface area contributed by atoms with Crippen LogP contribution in [-0.2, 0) is 26.6 Å². The predicted octanol–water partition coefficient (Wildman–Crippen LogP) is 1.09. The summed E-state index contributed by atoms with van der Waals surface area (Å²) in [6.07, 6.45) is 2.17. The van der Waals surface area contributed by atoms with Crippen LogP contribution in [0.15, 0.2) is 35.3 Å². The molecule has 0 saturated carbocycles. The highest BCUT2D eigenvalue weighted by Crippen LogP contribution is 2.18. The fourth-order valence-electron chi connectivity index (χ4n) is 3.56. The van der Waals surface area contributed by atoms with E-state index in [1.165, 1.54) is 22.8 Å². The molecule has 7 nitrogen and oxygen atoms in total. The fourth-order valence-corrected chi connectivity index (χ4v) is 3.56. The largest absolute Gasteiger partial charge is 0.348 e. The lowest BCUT2D eigenvalue weighted by atomic mass is 10.1. The smallest absolute Gasteiger partial charge is 0.279 e. The first-order chi connectivity index (χ1) is 13.0. The number of hydrogen-bond acceptors (Lipinski definition) is 4. The third kappa shape index (κ3) is 3.02. The number of likely N-dealkylation sites (N-methyl/N-ethyl adjacent to an activating group) is 1. The van der Waals surface area contributed by atoms with Crippen molar-refractivity contribution in [1.29, 1.82) is 0 Å². The van der Waals surface area contributed by atoms with Crippen molar-refractivity contribution in [2.24, 2.45) is 7.05 Å². The zero-order chi connectivity index (χ0) is 19.1. The molecule has 0 spiro atoms. The number of carbonyl (C=O) groups is 1. The number of aryl methyl sites for hydroxylation is 1. The number of benzene rings is 1. The van der Waals surface area contributed by atoms with Gasteiger partial charge in [-0.25, -0.2) is 4.39 Å². The highest BCUT2D eigenvalue weighted by molar-refractivity contribution is 5.99. The lowest BCUT2D eigenvalue weighted by molar-refractivity contribution is 0.0952. The van der Waals surface area contributed by atoms with Crippen LogP contribution in [-0.4, -0.2) is 38.6 Å². The molecule has 4 rings (SSSR count). The quantitative estimate of drug-likeness (QED) is 0.750. The first-order valence-corrected chi connectivity index (χ1v) is 8.75. The second-order valence-corrected chi connectivity index (χ2v) is 6.88. The van der Waals surface area contributed by atoms with E-state index in [0.717, 1.165) is 29.8 Å². The lowest BCUT2D eigenvalue weighted by Gasteiger charge is -2.26. The number of nitrogens with one attached hydrogen (secondary N) is 1.